The Bertz CT molecular complexity index is 419. The molecule has 98 valence electrons. The minimum atomic E-state index is -1.19. The van der Waals surface area contributed by atoms with E-state index in [0.717, 1.165) is 5.69 Å². The van der Waals surface area contributed by atoms with E-state index in [4.69, 9.17) is 10.2 Å². The summed E-state index contributed by atoms with van der Waals surface area (Å²) in [5, 5.41) is 22.2. The lowest BCUT2D eigenvalue weighted by Crippen LogP contribution is -2.43. The summed E-state index contributed by atoms with van der Waals surface area (Å²) in [7, 11) is 0. The van der Waals surface area contributed by atoms with E-state index < -0.39 is 18.0 Å². The molecule has 0 aliphatic carbocycles. The Morgan fingerprint density at radius 1 is 1.44 bits per heavy atom. The molecule has 0 bridgehead atoms. The topological polar surface area (TPSA) is 112 Å². The van der Waals surface area contributed by atoms with Crippen LogP contribution < -0.4 is 10.6 Å². The summed E-state index contributed by atoms with van der Waals surface area (Å²) < 4.78 is 0. The molecule has 0 spiro atoms. The number of pyridine rings is 1. The van der Waals surface area contributed by atoms with Gasteiger partial charge in [-0.15, -0.1) is 0 Å². The molecule has 0 aliphatic rings. The van der Waals surface area contributed by atoms with Gasteiger partial charge in [0.2, 0.25) is 0 Å². The van der Waals surface area contributed by atoms with E-state index in [1.807, 2.05) is 6.92 Å². The van der Waals surface area contributed by atoms with Crippen molar-refractivity contribution in [3.05, 3.63) is 24.0 Å². The van der Waals surface area contributed by atoms with Crippen molar-refractivity contribution in [1.29, 1.82) is 0 Å². The Balaban J connectivity index is 2.54. The number of aryl methyl sites for hydroxylation is 1. The van der Waals surface area contributed by atoms with Crippen LogP contribution >= 0.6 is 0 Å². The van der Waals surface area contributed by atoms with Gasteiger partial charge in [0.05, 0.1) is 11.9 Å². The summed E-state index contributed by atoms with van der Waals surface area (Å²) in [5.41, 5.74) is 1.27. The zero-order valence-corrected chi connectivity index (χ0v) is 9.88. The maximum Gasteiger partial charge on any atom is 0.326 e. The molecule has 1 aromatic heterocycles. The van der Waals surface area contributed by atoms with E-state index in [9.17, 15) is 9.59 Å². The van der Waals surface area contributed by atoms with Crippen LogP contribution in [0, 0.1) is 6.92 Å². The fraction of sp³-hybridized carbons (Fsp3) is 0.364. The quantitative estimate of drug-likeness (QED) is 0.605. The van der Waals surface area contributed by atoms with Crippen molar-refractivity contribution in [1.82, 2.24) is 10.3 Å². The van der Waals surface area contributed by atoms with Crippen LogP contribution in [0.1, 0.15) is 12.1 Å². The van der Waals surface area contributed by atoms with Gasteiger partial charge < -0.3 is 20.8 Å². The SMILES string of the molecule is Cc1ccc(NC(=O)N[C@@H](CCO)C(=O)O)cn1. The van der Waals surface area contributed by atoms with Crippen LogP contribution in [0.4, 0.5) is 10.5 Å². The summed E-state index contributed by atoms with van der Waals surface area (Å²) in [6.45, 7) is 1.49. The average molecular weight is 253 g/mol. The normalized spacial score (nSPS) is 11.7. The largest absolute Gasteiger partial charge is 0.480 e. The van der Waals surface area contributed by atoms with E-state index >= 15 is 0 Å². The van der Waals surface area contributed by atoms with Crippen molar-refractivity contribution in [2.75, 3.05) is 11.9 Å². The molecule has 7 heteroatoms. The first kappa shape index (κ1) is 13.9. The molecule has 0 saturated heterocycles. The molecule has 1 heterocycles. The van der Waals surface area contributed by atoms with Gasteiger partial charge in [-0.25, -0.2) is 9.59 Å². The average Bonchev–Trinajstić information content (AvgIpc) is 2.31. The summed E-state index contributed by atoms with van der Waals surface area (Å²) >= 11 is 0. The van der Waals surface area contributed by atoms with Gasteiger partial charge in [-0.1, -0.05) is 0 Å². The van der Waals surface area contributed by atoms with Crippen LogP contribution in [-0.2, 0) is 4.79 Å². The Kier molecular flexibility index (Phi) is 5.06. The standard InChI is InChI=1S/C11H15N3O4/c1-7-2-3-8(6-12-7)13-11(18)14-9(4-5-15)10(16)17/h2-3,6,9,15H,4-5H2,1H3,(H,16,17)(H2,13,14,18)/t9-/m0/s1. The molecule has 2 amide bonds. The predicted octanol–water partition coefficient (Wildman–Crippen LogP) is 0.347. The summed E-state index contributed by atoms with van der Waals surface area (Å²) in [4.78, 5) is 26.2. The third-order valence-electron chi connectivity index (χ3n) is 2.19. The number of carboxylic acids is 1. The second-order valence-corrected chi connectivity index (χ2v) is 3.69. The highest BCUT2D eigenvalue weighted by atomic mass is 16.4. The number of aromatic nitrogens is 1. The zero-order chi connectivity index (χ0) is 13.5. The highest BCUT2D eigenvalue weighted by Crippen LogP contribution is 2.05. The molecule has 1 aromatic rings. The zero-order valence-electron chi connectivity index (χ0n) is 9.88. The van der Waals surface area contributed by atoms with Gasteiger partial charge in [-0.2, -0.15) is 0 Å². The molecule has 0 aliphatic heterocycles. The Morgan fingerprint density at radius 3 is 2.67 bits per heavy atom. The number of hydrogen-bond donors (Lipinski definition) is 4. The second kappa shape index (κ2) is 6.55. The third-order valence-corrected chi connectivity index (χ3v) is 2.19. The fourth-order valence-electron chi connectivity index (χ4n) is 1.25. The number of anilines is 1. The Hall–Kier alpha value is -2.15. The van der Waals surface area contributed by atoms with Gasteiger partial charge in [-0.3, -0.25) is 4.98 Å². The minimum absolute atomic E-state index is 0.0467. The highest BCUT2D eigenvalue weighted by molar-refractivity contribution is 5.92. The van der Waals surface area contributed by atoms with Crippen molar-refractivity contribution in [2.24, 2.45) is 0 Å². The summed E-state index contributed by atoms with van der Waals surface area (Å²) in [6.07, 6.45) is 1.42. The molecular formula is C11H15N3O4. The predicted molar refractivity (Wildman–Crippen MR) is 64.3 cm³/mol. The van der Waals surface area contributed by atoms with Crippen LogP contribution in [0.5, 0.6) is 0 Å². The number of aliphatic hydroxyl groups is 1. The van der Waals surface area contributed by atoms with Crippen LogP contribution in [-0.4, -0.2) is 39.8 Å². The first-order valence-electron chi connectivity index (χ1n) is 5.36. The molecule has 1 atom stereocenters. The smallest absolute Gasteiger partial charge is 0.326 e. The molecule has 18 heavy (non-hydrogen) atoms. The molecule has 7 nitrogen and oxygen atoms in total. The first-order chi connectivity index (χ1) is 8.52. The maximum absolute atomic E-state index is 11.5. The lowest BCUT2D eigenvalue weighted by molar-refractivity contribution is -0.139. The number of nitrogens with zero attached hydrogens (tertiary/aromatic N) is 1. The number of carbonyl (C=O) groups excluding carboxylic acids is 1. The molecule has 1 rings (SSSR count). The minimum Gasteiger partial charge on any atom is -0.480 e. The van der Waals surface area contributed by atoms with Gasteiger partial charge in [0.25, 0.3) is 0 Å². The van der Waals surface area contributed by atoms with E-state index in [1.165, 1.54) is 6.20 Å². The van der Waals surface area contributed by atoms with Gasteiger partial charge in [0, 0.05) is 18.7 Å². The number of amides is 2. The summed E-state index contributed by atoms with van der Waals surface area (Å²) in [6, 6.07) is 1.61. The van der Waals surface area contributed by atoms with Gasteiger partial charge in [-0.05, 0) is 19.1 Å². The highest BCUT2D eigenvalue weighted by Gasteiger charge is 2.18. The second-order valence-electron chi connectivity index (χ2n) is 3.69. The first-order valence-corrected chi connectivity index (χ1v) is 5.36. The number of carbonyl (C=O) groups is 2. The monoisotopic (exact) mass is 253 g/mol. The number of aliphatic carboxylic acids is 1. The lowest BCUT2D eigenvalue weighted by Gasteiger charge is -2.13. The van der Waals surface area contributed by atoms with Crippen LogP contribution in [0.25, 0.3) is 0 Å². The molecular weight excluding hydrogens is 238 g/mol. The Morgan fingerprint density at radius 2 is 2.17 bits per heavy atom. The molecule has 4 N–H and O–H groups in total. The maximum atomic E-state index is 11.5. The van der Waals surface area contributed by atoms with Crippen LogP contribution in [0.15, 0.2) is 18.3 Å². The number of urea groups is 1. The lowest BCUT2D eigenvalue weighted by atomic mass is 10.2. The molecule has 0 fully saturated rings. The van der Waals surface area contributed by atoms with E-state index in [0.29, 0.717) is 5.69 Å². The number of nitrogens with one attached hydrogen (secondary N) is 2. The number of aliphatic hydroxyl groups excluding tert-OH is 1. The number of hydrogen-bond acceptors (Lipinski definition) is 4. The molecule has 0 radical (unpaired) electrons. The third kappa shape index (κ3) is 4.38. The van der Waals surface area contributed by atoms with E-state index in [2.05, 4.69) is 15.6 Å². The van der Waals surface area contributed by atoms with E-state index in [1.54, 1.807) is 12.1 Å². The fourth-order valence-corrected chi connectivity index (χ4v) is 1.25. The van der Waals surface area contributed by atoms with Gasteiger partial charge in [0.1, 0.15) is 6.04 Å². The molecule has 0 unspecified atom stereocenters. The summed E-state index contributed by atoms with van der Waals surface area (Å²) in [5.74, 6) is -1.19. The molecule has 0 saturated carbocycles. The van der Waals surface area contributed by atoms with Crippen molar-refractivity contribution in [3.8, 4) is 0 Å². The van der Waals surface area contributed by atoms with E-state index in [-0.39, 0.29) is 13.0 Å². The van der Waals surface area contributed by atoms with Crippen LogP contribution in [0.3, 0.4) is 0 Å². The molecule has 0 aromatic carbocycles. The van der Waals surface area contributed by atoms with Crippen molar-refractivity contribution < 1.29 is 19.8 Å². The van der Waals surface area contributed by atoms with Crippen LogP contribution in [0.2, 0.25) is 0 Å². The van der Waals surface area contributed by atoms with Crippen molar-refractivity contribution in [2.45, 2.75) is 19.4 Å². The Labute approximate surface area is 104 Å². The van der Waals surface area contributed by atoms with Gasteiger partial charge in [0.15, 0.2) is 0 Å². The van der Waals surface area contributed by atoms with Gasteiger partial charge >= 0.3 is 12.0 Å². The number of carboxylic acid groups (broad SMARTS) is 1. The number of rotatable bonds is 5. The van der Waals surface area contributed by atoms with Crippen molar-refractivity contribution >= 4 is 17.7 Å². The van der Waals surface area contributed by atoms with Crippen molar-refractivity contribution in [3.63, 3.8) is 0 Å².